The summed E-state index contributed by atoms with van der Waals surface area (Å²) < 4.78 is 10.7. The van der Waals surface area contributed by atoms with Crippen molar-refractivity contribution in [1.29, 1.82) is 0 Å². The van der Waals surface area contributed by atoms with E-state index in [9.17, 15) is 0 Å². The van der Waals surface area contributed by atoms with Gasteiger partial charge >= 0.3 is 0 Å². The summed E-state index contributed by atoms with van der Waals surface area (Å²) in [5, 5.41) is 3.45. The topological polar surface area (TPSA) is 59.5 Å². The van der Waals surface area contributed by atoms with Gasteiger partial charge in [0.2, 0.25) is 5.88 Å². The second kappa shape index (κ2) is 6.68. The molecule has 106 valence electrons. The molecule has 1 fully saturated rings. The van der Waals surface area contributed by atoms with E-state index in [2.05, 4.69) is 34.0 Å². The highest BCUT2D eigenvalue weighted by molar-refractivity contribution is 5.42. The Labute approximate surface area is 114 Å². The second-order valence-electron chi connectivity index (χ2n) is 4.90. The van der Waals surface area contributed by atoms with Crippen LogP contribution in [0.25, 0.3) is 0 Å². The number of ether oxygens (including phenoxy) is 2. The number of nitrogens with zero attached hydrogens (tertiary/aromatic N) is 3. The monoisotopic (exact) mass is 266 g/mol. The first-order valence-electron chi connectivity index (χ1n) is 6.64. The van der Waals surface area contributed by atoms with Gasteiger partial charge in [-0.25, -0.2) is 9.97 Å². The van der Waals surface area contributed by atoms with Gasteiger partial charge < -0.3 is 19.7 Å². The lowest BCUT2D eigenvalue weighted by Crippen LogP contribution is -2.51. The molecule has 0 amide bonds. The highest BCUT2D eigenvalue weighted by Crippen LogP contribution is 2.19. The lowest BCUT2D eigenvalue weighted by Gasteiger charge is -2.37. The highest BCUT2D eigenvalue weighted by atomic mass is 16.5. The first kappa shape index (κ1) is 14.0. The number of aromatic nitrogens is 2. The summed E-state index contributed by atoms with van der Waals surface area (Å²) in [5.41, 5.74) is 0. The van der Waals surface area contributed by atoms with Crippen LogP contribution in [0.15, 0.2) is 12.4 Å². The Morgan fingerprint density at radius 3 is 3.11 bits per heavy atom. The minimum absolute atomic E-state index is 0.288. The molecule has 19 heavy (non-hydrogen) atoms. The van der Waals surface area contributed by atoms with E-state index in [4.69, 9.17) is 9.47 Å². The maximum atomic E-state index is 5.57. The molecular formula is C13H22N4O2. The van der Waals surface area contributed by atoms with Gasteiger partial charge in [-0.15, -0.1) is 0 Å². The molecule has 2 heterocycles. The van der Waals surface area contributed by atoms with Gasteiger partial charge in [0.05, 0.1) is 26.4 Å². The summed E-state index contributed by atoms with van der Waals surface area (Å²) in [6.45, 7) is 7.44. The van der Waals surface area contributed by atoms with Crippen LogP contribution in [-0.2, 0) is 4.74 Å². The van der Waals surface area contributed by atoms with Crippen LogP contribution in [0.4, 0.5) is 5.82 Å². The third-order valence-electron chi connectivity index (χ3n) is 3.12. The minimum Gasteiger partial charge on any atom is -0.481 e. The Hall–Kier alpha value is -1.40. The summed E-state index contributed by atoms with van der Waals surface area (Å²) in [6, 6.07) is 2.62. The molecule has 1 aromatic rings. The Bertz CT molecular complexity index is 400. The number of methoxy groups -OCH3 is 1. The zero-order valence-corrected chi connectivity index (χ0v) is 11.8. The summed E-state index contributed by atoms with van der Waals surface area (Å²) in [6.07, 6.45) is 1.54. The molecule has 0 aromatic carbocycles. The molecule has 0 bridgehead atoms. The first-order chi connectivity index (χ1) is 9.20. The van der Waals surface area contributed by atoms with Crippen LogP contribution < -0.4 is 15.0 Å². The quantitative estimate of drug-likeness (QED) is 0.846. The highest BCUT2D eigenvalue weighted by Gasteiger charge is 2.24. The maximum Gasteiger partial charge on any atom is 0.218 e. The number of rotatable bonds is 5. The van der Waals surface area contributed by atoms with Crippen LogP contribution in [0.5, 0.6) is 5.88 Å². The van der Waals surface area contributed by atoms with Gasteiger partial charge in [-0.05, 0) is 0 Å². The lowest BCUT2D eigenvalue weighted by molar-refractivity contribution is 0.0927. The smallest absolute Gasteiger partial charge is 0.218 e. The van der Waals surface area contributed by atoms with Crippen molar-refractivity contribution in [1.82, 2.24) is 15.3 Å². The number of nitrogens with one attached hydrogen (secondary N) is 1. The standard InChI is InChI=1S/C13H22N4O2/c1-10(2)14-7-11-8-19-5-4-17(11)12-6-13(18-3)16-9-15-12/h6,9-11,14H,4-5,7-8H2,1-3H3. The van der Waals surface area contributed by atoms with Crippen LogP contribution >= 0.6 is 0 Å². The SMILES string of the molecule is COc1cc(N2CCOCC2CNC(C)C)ncn1. The van der Waals surface area contributed by atoms with Gasteiger partial charge in [-0.3, -0.25) is 0 Å². The molecule has 1 saturated heterocycles. The molecule has 0 saturated carbocycles. The molecule has 0 aliphatic carbocycles. The fourth-order valence-electron chi connectivity index (χ4n) is 2.10. The summed E-state index contributed by atoms with van der Waals surface area (Å²) in [4.78, 5) is 10.6. The Morgan fingerprint density at radius 1 is 1.53 bits per heavy atom. The van der Waals surface area contributed by atoms with E-state index >= 15 is 0 Å². The van der Waals surface area contributed by atoms with Crippen LogP contribution in [0, 0.1) is 0 Å². The average Bonchev–Trinajstić information content (AvgIpc) is 2.45. The molecule has 2 rings (SSSR count). The van der Waals surface area contributed by atoms with E-state index in [1.165, 1.54) is 6.33 Å². The lowest BCUT2D eigenvalue weighted by atomic mass is 10.2. The molecule has 6 nitrogen and oxygen atoms in total. The van der Waals surface area contributed by atoms with Crippen molar-refractivity contribution in [3.63, 3.8) is 0 Å². The van der Waals surface area contributed by atoms with Gasteiger partial charge in [0, 0.05) is 25.2 Å². The molecule has 0 radical (unpaired) electrons. The number of hydrogen-bond acceptors (Lipinski definition) is 6. The molecule has 1 atom stereocenters. The fourth-order valence-corrected chi connectivity index (χ4v) is 2.10. The molecule has 1 unspecified atom stereocenters. The Balaban J connectivity index is 2.09. The van der Waals surface area contributed by atoms with Crippen molar-refractivity contribution >= 4 is 5.82 Å². The van der Waals surface area contributed by atoms with E-state index in [0.717, 1.165) is 25.5 Å². The normalized spacial score (nSPS) is 19.8. The Morgan fingerprint density at radius 2 is 2.37 bits per heavy atom. The van der Waals surface area contributed by atoms with Crippen LogP contribution in [-0.4, -0.2) is 55.5 Å². The van der Waals surface area contributed by atoms with E-state index in [0.29, 0.717) is 18.5 Å². The van der Waals surface area contributed by atoms with Crippen LogP contribution in [0.3, 0.4) is 0 Å². The molecule has 1 aromatic heterocycles. The van der Waals surface area contributed by atoms with Gasteiger partial charge in [0.25, 0.3) is 0 Å². The van der Waals surface area contributed by atoms with Crippen molar-refractivity contribution in [3.05, 3.63) is 12.4 Å². The third kappa shape index (κ3) is 3.78. The third-order valence-corrected chi connectivity index (χ3v) is 3.12. The molecule has 1 aliphatic rings. The van der Waals surface area contributed by atoms with Crippen molar-refractivity contribution in [2.45, 2.75) is 25.9 Å². The predicted octanol–water partition coefficient (Wildman–Crippen LogP) is 0.688. The van der Waals surface area contributed by atoms with Crippen LogP contribution in [0.1, 0.15) is 13.8 Å². The minimum atomic E-state index is 0.288. The number of morpholine rings is 1. The van der Waals surface area contributed by atoms with Gasteiger partial charge in [0.1, 0.15) is 12.1 Å². The van der Waals surface area contributed by atoms with Crippen molar-refractivity contribution in [2.24, 2.45) is 0 Å². The molecule has 1 aliphatic heterocycles. The van der Waals surface area contributed by atoms with Crippen molar-refractivity contribution in [2.75, 3.05) is 38.3 Å². The zero-order valence-electron chi connectivity index (χ0n) is 11.8. The van der Waals surface area contributed by atoms with Crippen molar-refractivity contribution in [3.8, 4) is 5.88 Å². The van der Waals surface area contributed by atoms with E-state index in [-0.39, 0.29) is 6.04 Å². The Kier molecular flexibility index (Phi) is 4.93. The summed E-state index contributed by atoms with van der Waals surface area (Å²) in [7, 11) is 1.61. The van der Waals surface area contributed by atoms with E-state index in [1.54, 1.807) is 7.11 Å². The van der Waals surface area contributed by atoms with Crippen LogP contribution in [0.2, 0.25) is 0 Å². The molecule has 6 heteroatoms. The largest absolute Gasteiger partial charge is 0.481 e. The number of hydrogen-bond donors (Lipinski definition) is 1. The first-order valence-corrected chi connectivity index (χ1v) is 6.64. The molecule has 0 spiro atoms. The zero-order chi connectivity index (χ0) is 13.7. The molecular weight excluding hydrogens is 244 g/mol. The van der Waals surface area contributed by atoms with E-state index < -0.39 is 0 Å². The van der Waals surface area contributed by atoms with Gasteiger partial charge in [-0.2, -0.15) is 0 Å². The van der Waals surface area contributed by atoms with Gasteiger partial charge in [-0.1, -0.05) is 13.8 Å². The average molecular weight is 266 g/mol. The summed E-state index contributed by atoms with van der Waals surface area (Å²) in [5.74, 6) is 1.48. The van der Waals surface area contributed by atoms with E-state index in [1.807, 2.05) is 6.07 Å². The predicted molar refractivity (Wildman–Crippen MR) is 73.7 cm³/mol. The molecule has 1 N–H and O–H groups in total. The second-order valence-corrected chi connectivity index (χ2v) is 4.90. The number of anilines is 1. The summed E-state index contributed by atoms with van der Waals surface area (Å²) >= 11 is 0. The fraction of sp³-hybridized carbons (Fsp3) is 0.692. The van der Waals surface area contributed by atoms with Crippen molar-refractivity contribution < 1.29 is 9.47 Å². The maximum absolute atomic E-state index is 5.57. The van der Waals surface area contributed by atoms with Gasteiger partial charge in [0.15, 0.2) is 0 Å².